The standard InChI is InChI=1S/C13H17N3O3S/c1-8-4-5-10(20-8)12(17)14-9(2)13-15-11(16-19-13)6-7-18-3/h4-5,9H,6-7H2,1-3H3,(H,14,17). The first-order chi connectivity index (χ1) is 9.60. The molecule has 0 aliphatic rings. The number of rotatable bonds is 6. The second-order valence-corrected chi connectivity index (χ2v) is 5.68. The molecular formula is C13H17N3O3S. The fourth-order valence-electron chi connectivity index (χ4n) is 1.62. The van der Waals surface area contributed by atoms with Gasteiger partial charge in [-0.1, -0.05) is 5.16 Å². The number of carbonyl (C=O) groups excluding carboxylic acids is 1. The fourth-order valence-corrected chi connectivity index (χ4v) is 2.39. The Hall–Kier alpha value is -1.73. The Labute approximate surface area is 121 Å². The van der Waals surface area contributed by atoms with Gasteiger partial charge in [-0.05, 0) is 26.0 Å². The SMILES string of the molecule is COCCc1noc(C(C)NC(=O)c2ccc(C)s2)n1. The zero-order valence-corrected chi connectivity index (χ0v) is 12.5. The molecule has 1 amide bonds. The van der Waals surface area contributed by atoms with Crippen LogP contribution in [-0.4, -0.2) is 29.8 Å². The fraction of sp³-hybridized carbons (Fsp3) is 0.462. The van der Waals surface area contributed by atoms with Crippen molar-refractivity contribution in [2.24, 2.45) is 0 Å². The molecule has 0 aliphatic carbocycles. The van der Waals surface area contributed by atoms with Crippen molar-refractivity contribution in [2.75, 3.05) is 13.7 Å². The molecule has 7 heteroatoms. The molecule has 1 N–H and O–H groups in total. The topological polar surface area (TPSA) is 77.3 Å². The normalized spacial score (nSPS) is 12.3. The summed E-state index contributed by atoms with van der Waals surface area (Å²) >= 11 is 1.45. The maximum Gasteiger partial charge on any atom is 0.261 e. The van der Waals surface area contributed by atoms with Crippen LogP contribution in [0.25, 0.3) is 0 Å². The molecule has 0 fully saturated rings. The molecule has 0 spiro atoms. The van der Waals surface area contributed by atoms with Crippen LogP contribution in [0.5, 0.6) is 0 Å². The molecule has 0 saturated carbocycles. The summed E-state index contributed by atoms with van der Waals surface area (Å²) in [5.41, 5.74) is 0. The van der Waals surface area contributed by atoms with Gasteiger partial charge in [-0.25, -0.2) is 0 Å². The number of hydrogen-bond acceptors (Lipinski definition) is 6. The Balaban J connectivity index is 1.95. The summed E-state index contributed by atoms with van der Waals surface area (Å²) < 4.78 is 10.1. The molecular weight excluding hydrogens is 278 g/mol. The minimum atomic E-state index is -0.325. The second-order valence-electron chi connectivity index (χ2n) is 4.40. The maximum absolute atomic E-state index is 12.0. The highest BCUT2D eigenvalue weighted by Crippen LogP contribution is 2.17. The Morgan fingerprint density at radius 2 is 2.35 bits per heavy atom. The summed E-state index contributed by atoms with van der Waals surface area (Å²) in [5.74, 6) is 0.847. The molecule has 0 saturated heterocycles. The van der Waals surface area contributed by atoms with Gasteiger partial charge in [0.25, 0.3) is 5.91 Å². The summed E-state index contributed by atoms with van der Waals surface area (Å²) in [7, 11) is 1.62. The van der Waals surface area contributed by atoms with E-state index in [1.165, 1.54) is 11.3 Å². The Bertz CT molecular complexity index is 579. The summed E-state index contributed by atoms with van der Waals surface area (Å²) in [6.07, 6.45) is 0.588. The smallest absolute Gasteiger partial charge is 0.261 e. The van der Waals surface area contributed by atoms with E-state index in [2.05, 4.69) is 15.5 Å². The lowest BCUT2D eigenvalue weighted by molar-refractivity contribution is 0.0936. The molecule has 2 aromatic heterocycles. The number of nitrogens with zero attached hydrogens (tertiary/aromatic N) is 2. The summed E-state index contributed by atoms with van der Waals surface area (Å²) in [5, 5.41) is 6.68. The molecule has 6 nitrogen and oxygen atoms in total. The zero-order chi connectivity index (χ0) is 14.5. The van der Waals surface area contributed by atoms with Crippen molar-refractivity contribution in [1.82, 2.24) is 15.5 Å². The molecule has 2 aromatic rings. The lowest BCUT2D eigenvalue weighted by atomic mass is 10.3. The van der Waals surface area contributed by atoms with Gasteiger partial charge in [0.2, 0.25) is 5.89 Å². The van der Waals surface area contributed by atoms with Gasteiger partial charge in [-0.3, -0.25) is 4.79 Å². The van der Waals surface area contributed by atoms with Gasteiger partial charge in [-0.15, -0.1) is 11.3 Å². The third-order valence-electron chi connectivity index (χ3n) is 2.70. The minimum Gasteiger partial charge on any atom is -0.384 e. The summed E-state index contributed by atoms with van der Waals surface area (Å²) in [6, 6.07) is 3.40. The number of ether oxygens (including phenoxy) is 1. The average molecular weight is 295 g/mol. The van der Waals surface area contributed by atoms with Crippen molar-refractivity contribution in [3.05, 3.63) is 33.6 Å². The minimum absolute atomic E-state index is 0.132. The predicted octanol–water partition coefficient (Wildman–Crippen LogP) is 2.12. The number of amides is 1. The van der Waals surface area contributed by atoms with Crippen molar-refractivity contribution in [1.29, 1.82) is 0 Å². The first kappa shape index (κ1) is 14.7. The lowest BCUT2D eigenvalue weighted by Gasteiger charge is -2.08. The van der Waals surface area contributed by atoms with E-state index in [0.29, 0.717) is 29.6 Å². The lowest BCUT2D eigenvalue weighted by Crippen LogP contribution is -2.26. The maximum atomic E-state index is 12.0. The Morgan fingerprint density at radius 3 is 3.00 bits per heavy atom. The van der Waals surface area contributed by atoms with E-state index in [9.17, 15) is 4.79 Å². The third kappa shape index (κ3) is 3.64. The Kier molecular flexibility index (Phi) is 4.86. The number of aryl methyl sites for hydroxylation is 1. The third-order valence-corrected chi connectivity index (χ3v) is 3.70. The molecule has 0 aromatic carbocycles. The van der Waals surface area contributed by atoms with Crippen LogP contribution in [0, 0.1) is 6.92 Å². The predicted molar refractivity (Wildman–Crippen MR) is 74.8 cm³/mol. The summed E-state index contributed by atoms with van der Waals surface area (Å²) in [6.45, 7) is 4.31. The van der Waals surface area contributed by atoms with Crippen LogP contribution < -0.4 is 5.32 Å². The van der Waals surface area contributed by atoms with Crippen LogP contribution in [0.3, 0.4) is 0 Å². The van der Waals surface area contributed by atoms with Crippen LogP contribution in [0.15, 0.2) is 16.7 Å². The van der Waals surface area contributed by atoms with Crippen molar-refractivity contribution in [3.8, 4) is 0 Å². The average Bonchev–Trinajstić information content (AvgIpc) is 3.05. The van der Waals surface area contributed by atoms with Crippen molar-refractivity contribution in [3.63, 3.8) is 0 Å². The van der Waals surface area contributed by atoms with E-state index in [4.69, 9.17) is 9.26 Å². The van der Waals surface area contributed by atoms with Gasteiger partial charge in [0.05, 0.1) is 11.5 Å². The van der Waals surface area contributed by atoms with Crippen LogP contribution in [0.2, 0.25) is 0 Å². The van der Waals surface area contributed by atoms with Gasteiger partial charge >= 0.3 is 0 Å². The van der Waals surface area contributed by atoms with Crippen LogP contribution in [0.4, 0.5) is 0 Å². The second kappa shape index (κ2) is 6.62. The highest BCUT2D eigenvalue weighted by atomic mass is 32.1. The largest absolute Gasteiger partial charge is 0.384 e. The van der Waals surface area contributed by atoms with Crippen LogP contribution in [-0.2, 0) is 11.2 Å². The summed E-state index contributed by atoms with van der Waals surface area (Å²) in [4.78, 5) is 18.0. The zero-order valence-electron chi connectivity index (χ0n) is 11.7. The van der Waals surface area contributed by atoms with E-state index in [1.807, 2.05) is 19.9 Å². The van der Waals surface area contributed by atoms with E-state index in [0.717, 1.165) is 4.88 Å². The van der Waals surface area contributed by atoms with Gasteiger partial charge < -0.3 is 14.6 Å². The first-order valence-electron chi connectivity index (χ1n) is 6.29. The van der Waals surface area contributed by atoms with E-state index < -0.39 is 0 Å². The van der Waals surface area contributed by atoms with Crippen molar-refractivity contribution in [2.45, 2.75) is 26.3 Å². The molecule has 108 valence electrons. The van der Waals surface area contributed by atoms with Crippen molar-refractivity contribution < 1.29 is 14.1 Å². The van der Waals surface area contributed by atoms with E-state index >= 15 is 0 Å². The van der Waals surface area contributed by atoms with E-state index in [1.54, 1.807) is 13.2 Å². The molecule has 0 aliphatic heterocycles. The van der Waals surface area contributed by atoms with Gasteiger partial charge in [-0.2, -0.15) is 4.98 Å². The molecule has 20 heavy (non-hydrogen) atoms. The monoisotopic (exact) mass is 295 g/mol. The Morgan fingerprint density at radius 1 is 1.55 bits per heavy atom. The highest BCUT2D eigenvalue weighted by molar-refractivity contribution is 7.13. The number of thiophene rings is 1. The van der Waals surface area contributed by atoms with Crippen LogP contribution >= 0.6 is 11.3 Å². The highest BCUT2D eigenvalue weighted by Gasteiger charge is 2.18. The van der Waals surface area contributed by atoms with Crippen molar-refractivity contribution >= 4 is 17.2 Å². The number of methoxy groups -OCH3 is 1. The van der Waals surface area contributed by atoms with Gasteiger partial charge in [0.1, 0.15) is 6.04 Å². The molecule has 1 atom stereocenters. The molecule has 2 rings (SSSR count). The molecule has 0 bridgehead atoms. The van der Waals surface area contributed by atoms with E-state index in [-0.39, 0.29) is 11.9 Å². The number of hydrogen-bond donors (Lipinski definition) is 1. The quantitative estimate of drug-likeness (QED) is 0.883. The number of carbonyl (C=O) groups is 1. The van der Waals surface area contributed by atoms with Gasteiger partial charge in [0.15, 0.2) is 5.82 Å². The molecule has 1 unspecified atom stereocenters. The van der Waals surface area contributed by atoms with Crippen LogP contribution in [0.1, 0.15) is 39.2 Å². The number of aromatic nitrogens is 2. The van der Waals surface area contributed by atoms with Gasteiger partial charge in [0, 0.05) is 18.4 Å². The molecule has 2 heterocycles. The first-order valence-corrected chi connectivity index (χ1v) is 7.10. The number of nitrogens with one attached hydrogen (secondary N) is 1. The molecule has 0 radical (unpaired) electrons.